The van der Waals surface area contributed by atoms with Crippen LogP contribution >= 0.6 is 0 Å². The van der Waals surface area contributed by atoms with Gasteiger partial charge in [-0.25, -0.2) is 4.79 Å². The number of hydrogen-bond acceptors (Lipinski definition) is 3. The molecule has 1 aliphatic rings. The van der Waals surface area contributed by atoms with Crippen molar-refractivity contribution in [1.29, 1.82) is 0 Å². The molecule has 1 heterocycles. The lowest BCUT2D eigenvalue weighted by molar-refractivity contribution is 0.0308. The first-order valence-corrected chi connectivity index (χ1v) is 8.42. The van der Waals surface area contributed by atoms with Gasteiger partial charge in [0.1, 0.15) is 5.75 Å². The Hall–Kier alpha value is -1.16. The van der Waals surface area contributed by atoms with Crippen molar-refractivity contribution < 1.29 is 14.3 Å². The van der Waals surface area contributed by atoms with Crippen LogP contribution in [0.5, 0.6) is 0 Å². The Labute approximate surface area is 117 Å². The minimum atomic E-state index is -0.503. The minimum absolute atomic E-state index is 0.0256. The van der Waals surface area contributed by atoms with E-state index in [1.165, 1.54) is 4.90 Å². The summed E-state index contributed by atoms with van der Waals surface area (Å²) in [7, 11) is 0.223. The largest absolute Gasteiger partial charge is 0.508 e. The van der Waals surface area contributed by atoms with E-state index in [0.29, 0.717) is 6.61 Å². The molecule has 4 heteroatoms. The molecule has 1 aromatic rings. The molecule has 1 fully saturated rings. The van der Waals surface area contributed by atoms with Gasteiger partial charge in [-0.2, -0.15) is 0 Å². The van der Waals surface area contributed by atoms with Crippen LogP contribution in [0.2, 0.25) is 0 Å². The van der Waals surface area contributed by atoms with E-state index >= 15 is 0 Å². The van der Waals surface area contributed by atoms with Crippen molar-refractivity contribution in [3.05, 3.63) is 30.3 Å². The Morgan fingerprint density at radius 3 is 2.89 bits per heavy atom. The van der Waals surface area contributed by atoms with Crippen molar-refractivity contribution in [3.8, 4) is 0 Å². The number of carbonyl (C=O) groups excluding carboxylic acids is 1. The van der Waals surface area contributed by atoms with Crippen molar-refractivity contribution in [2.75, 3.05) is 18.1 Å². The van der Waals surface area contributed by atoms with Gasteiger partial charge in [-0.05, 0) is 18.6 Å². The van der Waals surface area contributed by atoms with Gasteiger partial charge >= 0.3 is 6.16 Å². The lowest BCUT2D eigenvalue weighted by Gasteiger charge is -2.09. The number of unbranched alkanes of at least 4 members (excludes halogenated alkanes) is 1. The summed E-state index contributed by atoms with van der Waals surface area (Å²) in [5, 5.41) is 0. The van der Waals surface area contributed by atoms with Gasteiger partial charge in [0.2, 0.25) is 0 Å². The predicted molar refractivity (Wildman–Crippen MR) is 77.6 cm³/mol. The second-order valence-corrected chi connectivity index (χ2v) is 6.86. The molecule has 2 atom stereocenters. The molecule has 0 N–H and O–H groups in total. The molecular weight excluding hydrogens is 260 g/mol. The van der Waals surface area contributed by atoms with Gasteiger partial charge in [-0.1, -0.05) is 31.5 Å². The number of ether oxygens (including phenoxy) is 2. The van der Waals surface area contributed by atoms with Gasteiger partial charge in [0, 0.05) is 17.3 Å². The van der Waals surface area contributed by atoms with Gasteiger partial charge < -0.3 is 9.47 Å². The molecule has 0 amide bonds. The van der Waals surface area contributed by atoms with Crippen LogP contribution in [0.25, 0.3) is 0 Å². The summed E-state index contributed by atoms with van der Waals surface area (Å²) >= 11 is 0. The smallest absolute Gasteiger partial charge is 0.434 e. The SMILES string of the molecule is CCCCOC(=O)OC1CC[S+](c2ccccc2)C1. The van der Waals surface area contributed by atoms with E-state index < -0.39 is 6.16 Å². The van der Waals surface area contributed by atoms with Crippen LogP contribution < -0.4 is 0 Å². The molecule has 3 nitrogen and oxygen atoms in total. The topological polar surface area (TPSA) is 35.5 Å². The second-order valence-electron chi connectivity index (χ2n) is 4.66. The monoisotopic (exact) mass is 281 g/mol. The van der Waals surface area contributed by atoms with Crippen molar-refractivity contribution in [2.45, 2.75) is 37.2 Å². The fourth-order valence-corrected chi connectivity index (χ4v) is 4.42. The maximum atomic E-state index is 11.5. The number of rotatable bonds is 5. The molecular formula is C15H21O3S+. The van der Waals surface area contributed by atoms with Gasteiger partial charge in [0.15, 0.2) is 16.8 Å². The van der Waals surface area contributed by atoms with Crippen molar-refractivity contribution >= 4 is 17.1 Å². The highest BCUT2D eigenvalue weighted by Gasteiger charge is 2.37. The zero-order valence-corrected chi connectivity index (χ0v) is 12.2. The summed E-state index contributed by atoms with van der Waals surface area (Å²) in [5.41, 5.74) is 0. The Bertz CT molecular complexity index is 394. The first kappa shape index (κ1) is 14.3. The molecule has 0 saturated carbocycles. The minimum Gasteiger partial charge on any atom is -0.434 e. The lowest BCUT2D eigenvalue weighted by atomic mass is 10.3. The van der Waals surface area contributed by atoms with Crippen molar-refractivity contribution in [1.82, 2.24) is 0 Å². The highest BCUT2D eigenvalue weighted by Crippen LogP contribution is 2.25. The van der Waals surface area contributed by atoms with Crippen LogP contribution in [-0.4, -0.2) is 30.4 Å². The predicted octanol–water partition coefficient (Wildman–Crippen LogP) is 3.39. The molecule has 1 aliphatic heterocycles. The summed E-state index contributed by atoms with van der Waals surface area (Å²) in [6, 6.07) is 10.5. The number of carbonyl (C=O) groups is 1. The number of hydrogen-bond donors (Lipinski definition) is 0. The van der Waals surface area contributed by atoms with E-state index in [2.05, 4.69) is 31.2 Å². The zero-order valence-electron chi connectivity index (χ0n) is 11.3. The first-order chi connectivity index (χ1) is 9.29. The Balaban J connectivity index is 1.74. The Morgan fingerprint density at radius 2 is 2.16 bits per heavy atom. The zero-order chi connectivity index (χ0) is 13.5. The fourth-order valence-electron chi connectivity index (χ4n) is 2.05. The standard InChI is InChI=1S/C15H21O3S/c1-2-3-10-17-15(16)18-13-9-11-19(12-13)14-7-5-4-6-8-14/h4-8,13H,2-3,9-12H2,1H3/q+1. The van der Waals surface area contributed by atoms with Crippen LogP contribution in [0.3, 0.4) is 0 Å². The summed E-state index contributed by atoms with van der Waals surface area (Å²) in [5.74, 6) is 2.05. The molecule has 2 unspecified atom stereocenters. The van der Waals surface area contributed by atoms with Crippen LogP contribution in [0, 0.1) is 0 Å². The Morgan fingerprint density at radius 1 is 1.37 bits per heavy atom. The second kappa shape index (κ2) is 7.43. The van der Waals surface area contributed by atoms with Crippen LogP contribution in [-0.2, 0) is 20.4 Å². The van der Waals surface area contributed by atoms with Crippen LogP contribution in [0.4, 0.5) is 4.79 Å². The lowest BCUT2D eigenvalue weighted by Crippen LogP contribution is -2.20. The first-order valence-electron chi connectivity index (χ1n) is 6.85. The van der Waals surface area contributed by atoms with Crippen LogP contribution in [0.1, 0.15) is 26.2 Å². The normalized spacial score (nSPS) is 22.2. The van der Waals surface area contributed by atoms with E-state index in [-0.39, 0.29) is 17.0 Å². The molecule has 1 aromatic carbocycles. The van der Waals surface area contributed by atoms with Crippen LogP contribution in [0.15, 0.2) is 35.2 Å². The van der Waals surface area contributed by atoms with E-state index in [0.717, 1.165) is 30.8 Å². The fraction of sp³-hybridized carbons (Fsp3) is 0.533. The van der Waals surface area contributed by atoms with E-state index in [1.807, 2.05) is 6.07 Å². The number of benzene rings is 1. The molecule has 2 rings (SSSR count). The molecule has 104 valence electrons. The molecule has 0 aliphatic carbocycles. The Kier molecular flexibility index (Phi) is 5.58. The van der Waals surface area contributed by atoms with Crippen molar-refractivity contribution in [3.63, 3.8) is 0 Å². The molecule has 1 saturated heterocycles. The van der Waals surface area contributed by atoms with Gasteiger partial charge in [0.05, 0.1) is 6.61 Å². The summed E-state index contributed by atoms with van der Waals surface area (Å²) < 4.78 is 10.4. The van der Waals surface area contributed by atoms with Gasteiger partial charge in [0.25, 0.3) is 0 Å². The maximum Gasteiger partial charge on any atom is 0.508 e. The third kappa shape index (κ3) is 4.46. The third-order valence-electron chi connectivity index (χ3n) is 3.13. The molecule has 19 heavy (non-hydrogen) atoms. The molecule has 0 bridgehead atoms. The summed E-state index contributed by atoms with van der Waals surface area (Å²) in [4.78, 5) is 12.8. The molecule has 0 spiro atoms. The average molecular weight is 281 g/mol. The van der Waals surface area contributed by atoms with E-state index in [4.69, 9.17) is 9.47 Å². The highest BCUT2D eigenvalue weighted by atomic mass is 32.2. The van der Waals surface area contributed by atoms with E-state index in [1.54, 1.807) is 0 Å². The van der Waals surface area contributed by atoms with Gasteiger partial charge in [-0.15, -0.1) is 0 Å². The maximum absolute atomic E-state index is 11.5. The molecule has 0 aromatic heterocycles. The highest BCUT2D eigenvalue weighted by molar-refractivity contribution is 7.97. The molecule has 0 radical (unpaired) electrons. The van der Waals surface area contributed by atoms with E-state index in [9.17, 15) is 4.79 Å². The average Bonchev–Trinajstić information content (AvgIpc) is 2.88. The van der Waals surface area contributed by atoms with Crippen molar-refractivity contribution in [2.24, 2.45) is 0 Å². The third-order valence-corrected chi connectivity index (χ3v) is 5.57. The quantitative estimate of drug-likeness (QED) is 0.471. The van der Waals surface area contributed by atoms with Gasteiger partial charge in [-0.3, -0.25) is 0 Å². The summed E-state index contributed by atoms with van der Waals surface area (Å²) in [6.45, 7) is 2.53. The summed E-state index contributed by atoms with van der Waals surface area (Å²) in [6.07, 6.45) is 2.39.